The van der Waals surface area contributed by atoms with E-state index in [0.29, 0.717) is 6.67 Å². The SMILES string of the molecule is CC(=O)C1=CC=NCN1C. The van der Waals surface area contributed by atoms with Gasteiger partial charge in [0.25, 0.3) is 0 Å². The van der Waals surface area contributed by atoms with Crippen LogP contribution in [0.5, 0.6) is 0 Å². The molecule has 0 atom stereocenters. The van der Waals surface area contributed by atoms with Gasteiger partial charge in [0.15, 0.2) is 5.78 Å². The Labute approximate surface area is 60.1 Å². The van der Waals surface area contributed by atoms with Crippen molar-refractivity contribution in [3.8, 4) is 0 Å². The Hall–Kier alpha value is -1.12. The molecule has 0 bridgehead atoms. The van der Waals surface area contributed by atoms with Crippen molar-refractivity contribution >= 4 is 12.0 Å². The molecule has 0 spiro atoms. The first kappa shape index (κ1) is 6.99. The molecule has 0 amide bonds. The maximum atomic E-state index is 10.8. The summed E-state index contributed by atoms with van der Waals surface area (Å²) in [6.45, 7) is 2.15. The summed E-state index contributed by atoms with van der Waals surface area (Å²) in [6, 6.07) is 0. The number of ketones is 1. The van der Waals surface area contributed by atoms with E-state index in [1.807, 2.05) is 11.9 Å². The van der Waals surface area contributed by atoms with E-state index in [0.717, 1.165) is 5.70 Å². The summed E-state index contributed by atoms with van der Waals surface area (Å²) in [5.41, 5.74) is 0.731. The largest absolute Gasteiger partial charge is 0.352 e. The number of hydrogen-bond donors (Lipinski definition) is 0. The molecule has 0 aromatic carbocycles. The van der Waals surface area contributed by atoms with Gasteiger partial charge >= 0.3 is 0 Å². The van der Waals surface area contributed by atoms with Gasteiger partial charge in [-0.1, -0.05) is 0 Å². The molecule has 0 aromatic rings. The highest BCUT2D eigenvalue weighted by Crippen LogP contribution is 2.04. The number of rotatable bonds is 1. The third kappa shape index (κ3) is 1.23. The zero-order valence-corrected chi connectivity index (χ0v) is 6.16. The van der Waals surface area contributed by atoms with Crippen LogP contribution in [0.2, 0.25) is 0 Å². The predicted octanol–water partition coefficient (Wildman–Crippen LogP) is 0.433. The second-order valence-electron chi connectivity index (χ2n) is 2.28. The number of likely N-dealkylation sites (N-methyl/N-ethyl adjacent to an activating group) is 1. The predicted molar refractivity (Wildman–Crippen MR) is 39.9 cm³/mol. The second kappa shape index (κ2) is 2.64. The Morgan fingerprint density at radius 2 is 2.50 bits per heavy atom. The molecule has 0 fully saturated rings. The standard InChI is InChI=1S/C7H10N2O/c1-6(10)7-3-4-8-5-9(7)2/h3-4H,5H2,1-2H3. The summed E-state index contributed by atoms with van der Waals surface area (Å²) in [7, 11) is 1.85. The van der Waals surface area contributed by atoms with Crippen molar-refractivity contribution in [2.24, 2.45) is 4.99 Å². The topological polar surface area (TPSA) is 32.7 Å². The minimum Gasteiger partial charge on any atom is -0.352 e. The zero-order chi connectivity index (χ0) is 7.56. The second-order valence-corrected chi connectivity index (χ2v) is 2.28. The molecule has 1 rings (SSSR count). The molecule has 0 radical (unpaired) electrons. The van der Waals surface area contributed by atoms with Crippen LogP contribution in [-0.2, 0) is 4.79 Å². The van der Waals surface area contributed by atoms with E-state index in [1.165, 1.54) is 0 Å². The highest BCUT2D eigenvalue weighted by Gasteiger charge is 2.09. The summed E-state index contributed by atoms with van der Waals surface area (Å²) in [5.74, 6) is 0.0913. The molecule has 1 aliphatic heterocycles. The molecule has 0 unspecified atom stereocenters. The number of Topliss-reactive ketones (excluding diaryl/α,β-unsaturated/α-hetero) is 1. The maximum absolute atomic E-state index is 10.8. The van der Waals surface area contributed by atoms with E-state index in [1.54, 1.807) is 19.2 Å². The Bertz CT molecular complexity index is 206. The van der Waals surface area contributed by atoms with E-state index in [4.69, 9.17) is 0 Å². The van der Waals surface area contributed by atoms with Crippen LogP contribution in [0.3, 0.4) is 0 Å². The van der Waals surface area contributed by atoms with Gasteiger partial charge in [0.2, 0.25) is 0 Å². The average molecular weight is 138 g/mol. The first-order chi connectivity index (χ1) is 4.72. The van der Waals surface area contributed by atoms with Crippen molar-refractivity contribution in [3.63, 3.8) is 0 Å². The quantitative estimate of drug-likeness (QED) is 0.526. The summed E-state index contributed by atoms with van der Waals surface area (Å²) in [6.07, 6.45) is 3.39. The number of carbonyl (C=O) groups excluding carboxylic acids is 1. The Morgan fingerprint density at radius 3 is 2.90 bits per heavy atom. The van der Waals surface area contributed by atoms with Crippen LogP contribution in [0.15, 0.2) is 16.8 Å². The third-order valence-electron chi connectivity index (χ3n) is 1.40. The minimum absolute atomic E-state index is 0.0913. The molecular formula is C7H10N2O. The van der Waals surface area contributed by atoms with Crippen LogP contribution in [0.1, 0.15) is 6.92 Å². The van der Waals surface area contributed by atoms with Crippen LogP contribution < -0.4 is 0 Å². The number of allylic oxidation sites excluding steroid dienone is 2. The van der Waals surface area contributed by atoms with Gasteiger partial charge < -0.3 is 4.90 Å². The van der Waals surface area contributed by atoms with Gasteiger partial charge in [-0.25, -0.2) is 0 Å². The van der Waals surface area contributed by atoms with Gasteiger partial charge in [0, 0.05) is 20.2 Å². The van der Waals surface area contributed by atoms with Crippen LogP contribution >= 0.6 is 0 Å². The molecule has 0 saturated carbocycles. The van der Waals surface area contributed by atoms with Gasteiger partial charge in [-0.15, -0.1) is 0 Å². The Balaban J connectivity index is 2.80. The normalized spacial score (nSPS) is 17.0. The number of hydrogen-bond acceptors (Lipinski definition) is 3. The summed E-state index contributed by atoms with van der Waals surface area (Å²) >= 11 is 0. The number of carbonyl (C=O) groups is 1. The third-order valence-corrected chi connectivity index (χ3v) is 1.40. The lowest BCUT2D eigenvalue weighted by Gasteiger charge is -2.19. The first-order valence-electron chi connectivity index (χ1n) is 3.14. The number of aliphatic imine (C=N–C) groups is 1. The van der Waals surface area contributed by atoms with Gasteiger partial charge in [-0.3, -0.25) is 9.79 Å². The molecule has 10 heavy (non-hydrogen) atoms. The van der Waals surface area contributed by atoms with E-state index in [-0.39, 0.29) is 5.78 Å². The van der Waals surface area contributed by atoms with Crippen LogP contribution in [0.25, 0.3) is 0 Å². The Kier molecular flexibility index (Phi) is 1.85. The lowest BCUT2D eigenvalue weighted by atomic mass is 10.2. The smallest absolute Gasteiger partial charge is 0.175 e. The van der Waals surface area contributed by atoms with Crippen LogP contribution in [0.4, 0.5) is 0 Å². The summed E-state index contributed by atoms with van der Waals surface area (Å²) in [5, 5.41) is 0. The molecule has 0 aliphatic carbocycles. The molecule has 3 heteroatoms. The zero-order valence-electron chi connectivity index (χ0n) is 6.16. The molecule has 3 nitrogen and oxygen atoms in total. The van der Waals surface area contributed by atoms with Crippen molar-refractivity contribution in [2.45, 2.75) is 6.92 Å². The monoisotopic (exact) mass is 138 g/mol. The van der Waals surface area contributed by atoms with Crippen molar-refractivity contribution in [2.75, 3.05) is 13.7 Å². The van der Waals surface area contributed by atoms with Crippen LogP contribution in [0, 0.1) is 0 Å². The van der Waals surface area contributed by atoms with Crippen molar-refractivity contribution < 1.29 is 4.79 Å². The maximum Gasteiger partial charge on any atom is 0.175 e. The van der Waals surface area contributed by atoms with Crippen molar-refractivity contribution in [1.29, 1.82) is 0 Å². The van der Waals surface area contributed by atoms with E-state index in [2.05, 4.69) is 4.99 Å². The lowest BCUT2D eigenvalue weighted by Crippen LogP contribution is -2.24. The average Bonchev–Trinajstić information content (AvgIpc) is 1.88. The van der Waals surface area contributed by atoms with E-state index < -0.39 is 0 Å². The van der Waals surface area contributed by atoms with Gasteiger partial charge in [0.05, 0.1) is 5.70 Å². The molecule has 54 valence electrons. The highest BCUT2D eigenvalue weighted by molar-refractivity contribution is 5.97. The first-order valence-corrected chi connectivity index (χ1v) is 3.14. The fraction of sp³-hybridized carbons (Fsp3) is 0.429. The molecule has 0 saturated heterocycles. The van der Waals surface area contributed by atoms with E-state index >= 15 is 0 Å². The summed E-state index contributed by atoms with van der Waals surface area (Å²) in [4.78, 5) is 16.6. The van der Waals surface area contributed by atoms with Crippen LogP contribution in [-0.4, -0.2) is 30.6 Å². The molecule has 0 N–H and O–H groups in total. The number of nitrogens with zero attached hydrogens (tertiary/aromatic N) is 2. The lowest BCUT2D eigenvalue weighted by molar-refractivity contribution is -0.114. The molecule has 1 aliphatic rings. The fourth-order valence-electron chi connectivity index (χ4n) is 0.882. The molecular weight excluding hydrogens is 128 g/mol. The Morgan fingerprint density at radius 1 is 1.80 bits per heavy atom. The van der Waals surface area contributed by atoms with Gasteiger partial charge in [0.1, 0.15) is 6.67 Å². The molecule has 1 heterocycles. The molecule has 0 aromatic heterocycles. The highest BCUT2D eigenvalue weighted by atomic mass is 16.1. The van der Waals surface area contributed by atoms with E-state index in [9.17, 15) is 4.79 Å². The van der Waals surface area contributed by atoms with Gasteiger partial charge in [-0.05, 0) is 6.08 Å². The fourth-order valence-corrected chi connectivity index (χ4v) is 0.882. The van der Waals surface area contributed by atoms with Gasteiger partial charge in [-0.2, -0.15) is 0 Å². The van der Waals surface area contributed by atoms with Crippen molar-refractivity contribution in [1.82, 2.24) is 4.90 Å². The minimum atomic E-state index is 0.0913. The van der Waals surface area contributed by atoms with Crippen molar-refractivity contribution in [3.05, 3.63) is 11.8 Å². The summed E-state index contributed by atoms with van der Waals surface area (Å²) < 4.78 is 0.